The fourth-order valence-electron chi connectivity index (χ4n) is 2.47. The summed E-state index contributed by atoms with van der Waals surface area (Å²) in [5.74, 6) is -0.282. The standard InChI is InChI=1S/C15H20FN3O2/c1-10-9-12(3-4-13(10)16)18-15(21)19-7-5-11(6-8-19)14(20)17-2/h3-4,9,11H,5-8H2,1-2H3,(H,17,20)(H,18,21). The molecule has 1 aliphatic rings. The predicted octanol–water partition coefficient (Wildman–Crippen LogP) is 2.12. The van der Waals surface area contributed by atoms with Crippen LogP contribution in [0.1, 0.15) is 18.4 Å². The summed E-state index contributed by atoms with van der Waals surface area (Å²) in [5, 5.41) is 5.39. The lowest BCUT2D eigenvalue weighted by atomic mass is 9.96. The number of carbonyl (C=O) groups is 2. The molecule has 114 valence electrons. The van der Waals surface area contributed by atoms with Crippen molar-refractivity contribution >= 4 is 17.6 Å². The van der Waals surface area contributed by atoms with E-state index in [1.165, 1.54) is 12.1 Å². The Hall–Kier alpha value is -2.11. The van der Waals surface area contributed by atoms with Crippen LogP contribution >= 0.6 is 0 Å². The monoisotopic (exact) mass is 293 g/mol. The van der Waals surface area contributed by atoms with E-state index in [9.17, 15) is 14.0 Å². The Labute approximate surface area is 123 Å². The van der Waals surface area contributed by atoms with Gasteiger partial charge in [0.25, 0.3) is 0 Å². The number of amides is 3. The molecule has 1 saturated heterocycles. The summed E-state index contributed by atoms with van der Waals surface area (Å²) in [6.45, 7) is 2.74. The molecule has 0 bridgehead atoms. The molecular weight excluding hydrogens is 273 g/mol. The summed E-state index contributed by atoms with van der Waals surface area (Å²) in [4.78, 5) is 25.3. The van der Waals surface area contributed by atoms with Gasteiger partial charge in [0.05, 0.1) is 0 Å². The Morgan fingerprint density at radius 2 is 1.95 bits per heavy atom. The van der Waals surface area contributed by atoms with Crippen LogP contribution in [0.15, 0.2) is 18.2 Å². The molecule has 2 N–H and O–H groups in total. The minimum Gasteiger partial charge on any atom is -0.359 e. The second-order valence-electron chi connectivity index (χ2n) is 5.27. The van der Waals surface area contributed by atoms with Crippen molar-refractivity contribution in [3.63, 3.8) is 0 Å². The summed E-state index contributed by atoms with van der Waals surface area (Å²) in [5.41, 5.74) is 1.07. The van der Waals surface area contributed by atoms with Crippen molar-refractivity contribution in [2.24, 2.45) is 5.92 Å². The van der Waals surface area contributed by atoms with Gasteiger partial charge in [0.2, 0.25) is 5.91 Å². The van der Waals surface area contributed by atoms with Crippen LogP contribution in [0, 0.1) is 18.7 Å². The van der Waals surface area contributed by atoms with Crippen molar-refractivity contribution in [1.29, 1.82) is 0 Å². The molecule has 0 atom stereocenters. The Kier molecular flexibility index (Phi) is 4.77. The van der Waals surface area contributed by atoms with Crippen molar-refractivity contribution in [1.82, 2.24) is 10.2 Å². The summed E-state index contributed by atoms with van der Waals surface area (Å²) < 4.78 is 13.2. The van der Waals surface area contributed by atoms with E-state index in [0.29, 0.717) is 37.2 Å². The number of nitrogens with zero attached hydrogens (tertiary/aromatic N) is 1. The zero-order valence-electron chi connectivity index (χ0n) is 12.3. The fourth-order valence-corrected chi connectivity index (χ4v) is 2.47. The van der Waals surface area contributed by atoms with Crippen LogP contribution in [-0.2, 0) is 4.79 Å². The van der Waals surface area contributed by atoms with Gasteiger partial charge in [-0.3, -0.25) is 4.79 Å². The van der Waals surface area contributed by atoms with E-state index in [-0.39, 0.29) is 23.7 Å². The number of likely N-dealkylation sites (tertiary alicyclic amines) is 1. The molecule has 0 aliphatic carbocycles. The molecule has 0 spiro atoms. The van der Waals surface area contributed by atoms with Crippen LogP contribution in [-0.4, -0.2) is 37.0 Å². The zero-order valence-corrected chi connectivity index (χ0v) is 12.3. The van der Waals surface area contributed by atoms with Gasteiger partial charge in [0.1, 0.15) is 5.82 Å². The molecule has 5 nitrogen and oxygen atoms in total. The van der Waals surface area contributed by atoms with Crippen LogP contribution in [0.4, 0.5) is 14.9 Å². The van der Waals surface area contributed by atoms with Crippen LogP contribution in [0.2, 0.25) is 0 Å². The number of rotatable bonds is 2. The fraction of sp³-hybridized carbons (Fsp3) is 0.467. The average molecular weight is 293 g/mol. The van der Waals surface area contributed by atoms with E-state index in [0.717, 1.165) is 0 Å². The summed E-state index contributed by atoms with van der Waals surface area (Å²) >= 11 is 0. The first-order valence-electron chi connectivity index (χ1n) is 7.05. The number of piperidine rings is 1. The van der Waals surface area contributed by atoms with E-state index in [1.54, 1.807) is 24.9 Å². The third-order valence-corrected chi connectivity index (χ3v) is 3.81. The normalized spacial score (nSPS) is 15.7. The summed E-state index contributed by atoms with van der Waals surface area (Å²) in [6.07, 6.45) is 1.32. The van der Waals surface area contributed by atoms with Crippen LogP contribution < -0.4 is 10.6 Å². The number of nitrogens with one attached hydrogen (secondary N) is 2. The van der Waals surface area contributed by atoms with E-state index in [4.69, 9.17) is 0 Å². The lowest BCUT2D eigenvalue weighted by Crippen LogP contribution is -2.44. The van der Waals surface area contributed by atoms with Gasteiger partial charge in [0, 0.05) is 31.7 Å². The number of urea groups is 1. The van der Waals surface area contributed by atoms with Crippen molar-refractivity contribution in [3.05, 3.63) is 29.6 Å². The van der Waals surface area contributed by atoms with Gasteiger partial charge in [-0.2, -0.15) is 0 Å². The number of carbonyl (C=O) groups excluding carboxylic acids is 2. The van der Waals surface area contributed by atoms with Crippen LogP contribution in [0.5, 0.6) is 0 Å². The molecular formula is C15H20FN3O2. The molecule has 3 amide bonds. The highest BCUT2D eigenvalue weighted by Gasteiger charge is 2.26. The topological polar surface area (TPSA) is 61.4 Å². The highest BCUT2D eigenvalue weighted by Crippen LogP contribution is 2.19. The second kappa shape index (κ2) is 6.56. The largest absolute Gasteiger partial charge is 0.359 e. The van der Waals surface area contributed by atoms with E-state index in [1.807, 2.05) is 0 Å². The molecule has 0 unspecified atom stereocenters. The van der Waals surface area contributed by atoms with Crippen molar-refractivity contribution in [2.45, 2.75) is 19.8 Å². The van der Waals surface area contributed by atoms with Crippen LogP contribution in [0.3, 0.4) is 0 Å². The molecule has 0 radical (unpaired) electrons. The third-order valence-electron chi connectivity index (χ3n) is 3.81. The molecule has 0 aromatic heterocycles. The molecule has 1 fully saturated rings. The van der Waals surface area contributed by atoms with Gasteiger partial charge in [-0.25, -0.2) is 9.18 Å². The second-order valence-corrected chi connectivity index (χ2v) is 5.27. The lowest BCUT2D eigenvalue weighted by molar-refractivity contribution is -0.125. The van der Waals surface area contributed by atoms with Gasteiger partial charge in [-0.05, 0) is 43.5 Å². The predicted molar refractivity (Wildman–Crippen MR) is 78.5 cm³/mol. The Morgan fingerprint density at radius 3 is 2.52 bits per heavy atom. The number of hydrogen-bond donors (Lipinski definition) is 2. The van der Waals surface area contributed by atoms with Crippen LogP contribution in [0.25, 0.3) is 0 Å². The number of anilines is 1. The Balaban J connectivity index is 1.90. The molecule has 0 saturated carbocycles. The Bertz CT molecular complexity index is 540. The minimum atomic E-state index is -0.292. The smallest absolute Gasteiger partial charge is 0.321 e. The number of benzene rings is 1. The number of aryl methyl sites for hydroxylation is 1. The molecule has 1 heterocycles. The molecule has 6 heteroatoms. The van der Waals surface area contributed by atoms with E-state index in [2.05, 4.69) is 10.6 Å². The van der Waals surface area contributed by atoms with E-state index < -0.39 is 0 Å². The maximum atomic E-state index is 13.2. The van der Waals surface area contributed by atoms with Gasteiger partial charge in [-0.1, -0.05) is 0 Å². The highest BCUT2D eigenvalue weighted by atomic mass is 19.1. The Morgan fingerprint density at radius 1 is 1.29 bits per heavy atom. The first kappa shape index (κ1) is 15.3. The van der Waals surface area contributed by atoms with Crippen molar-refractivity contribution in [2.75, 3.05) is 25.5 Å². The third kappa shape index (κ3) is 3.71. The molecule has 1 aromatic rings. The quantitative estimate of drug-likeness (QED) is 0.877. The SMILES string of the molecule is CNC(=O)C1CCN(C(=O)Nc2ccc(F)c(C)c2)CC1. The van der Waals surface area contributed by atoms with Gasteiger partial charge in [0.15, 0.2) is 0 Å². The van der Waals surface area contributed by atoms with Gasteiger partial charge < -0.3 is 15.5 Å². The number of hydrogen-bond acceptors (Lipinski definition) is 2. The lowest BCUT2D eigenvalue weighted by Gasteiger charge is -2.31. The van der Waals surface area contributed by atoms with Crippen molar-refractivity contribution in [3.8, 4) is 0 Å². The molecule has 1 aromatic carbocycles. The minimum absolute atomic E-state index is 0.0212. The zero-order chi connectivity index (χ0) is 15.4. The van der Waals surface area contributed by atoms with Gasteiger partial charge in [-0.15, -0.1) is 0 Å². The molecule has 2 rings (SSSR count). The molecule has 1 aliphatic heterocycles. The van der Waals surface area contributed by atoms with E-state index >= 15 is 0 Å². The maximum absolute atomic E-state index is 13.2. The number of halogens is 1. The first-order chi connectivity index (χ1) is 10.0. The highest BCUT2D eigenvalue weighted by molar-refractivity contribution is 5.89. The van der Waals surface area contributed by atoms with Crippen molar-refractivity contribution < 1.29 is 14.0 Å². The first-order valence-corrected chi connectivity index (χ1v) is 7.05. The molecule has 21 heavy (non-hydrogen) atoms. The van der Waals surface area contributed by atoms with Gasteiger partial charge >= 0.3 is 6.03 Å². The maximum Gasteiger partial charge on any atom is 0.321 e. The summed E-state index contributed by atoms with van der Waals surface area (Å²) in [7, 11) is 1.62. The summed E-state index contributed by atoms with van der Waals surface area (Å²) in [6, 6.07) is 4.27. The average Bonchev–Trinajstić information content (AvgIpc) is 2.50.